The van der Waals surface area contributed by atoms with Gasteiger partial charge in [0, 0.05) is 80.2 Å². The highest BCUT2D eigenvalue weighted by Crippen LogP contribution is 2.38. The molecule has 9 rings (SSSR count). The first-order valence-corrected chi connectivity index (χ1v) is 17.2. The van der Waals surface area contributed by atoms with Crippen molar-refractivity contribution in [3.8, 4) is 44.5 Å². The molecule has 2 aliphatic heterocycles. The second kappa shape index (κ2) is 13.1. The van der Waals surface area contributed by atoms with E-state index in [1.807, 2.05) is 97.1 Å². The van der Waals surface area contributed by atoms with E-state index in [4.69, 9.17) is 21.4 Å². The summed E-state index contributed by atoms with van der Waals surface area (Å²) in [6, 6.07) is 30.4. The third-order valence-electron chi connectivity index (χ3n) is 9.56. The molecule has 0 saturated heterocycles. The molecule has 6 N–H and O–H groups in total. The Morgan fingerprint density at radius 1 is 0.426 bits per heavy atom. The number of primary amides is 2. The number of amides is 2. The van der Waals surface area contributed by atoms with Crippen LogP contribution in [0.15, 0.2) is 122 Å². The second-order valence-corrected chi connectivity index (χ2v) is 12.9. The third-order valence-corrected chi connectivity index (χ3v) is 9.56. The molecule has 2 aromatic carbocycles. The zero-order valence-corrected chi connectivity index (χ0v) is 28.6. The summed E-state index contributed by atoms with van der Waals surface area (Å²) in [5, 5.41) is 0. The number of aromatic amines is 2. The summed E-state index contributed by atoms with van der Waals surface area (Å²) in [4.78, 5) is 51.1. The lowest BCUT2D eigenvalue weighted by atomic mass is 10.0. The lowest BCUT2D eigenvalue weighted by Gasteiger charge is -2.08. The van der Waals surface area contributed by atoms with Crippen LogP contribution in [0.25, 0.3) is 90.9 Å². The maximum absolute atomic E-state index is 12.3. The molecule has 0 saturated carbocycles. The molecule has 0 atom stereocenters. The summed E-state index contributed by atoms with van der Waals surface area (Å²) < 4.78 is 0. The number of rotatable bonds is 6. The number of nitrogens with one attached hydrogen (secondary N) is 2. The van der Waals surface area contributed by atoms with E-state index in [0.717, 1.165) is 66.6 Å². The predicted molar refractivity (Wildman–Crippen MR) is 213 cm³/mol. The van der Waals surface area contributed by atoms with E-state index in [-0.39, 0.29) is 0 Å². The monoisotopic (exact) mass is 702 g/mol. The minimum atomic E-state index is -0.520. The van der Waals surface area contributed by atoms with Gasteiger partial charge in [0.1, 0.15) is 0 Å². The Labute approximate surface area is 308 Å². The summed E-state index contributed by atoms with van der Waals surface area (Å²) in [6.07, 6.45) is 14.9. The third kappa shape index (κ3) is 5.73. The quantitative estimate of drug-likeness (QED) is 0.136. The number of fused-ring (bicyclic) bond motifs is 8. The molecule has 0 spiro atoms. The normalized spacial score (nSPS) is 11.9. The molecule has 8 bridgehead atoms. The number of hydrogen-bond donors (Lipinski definition) is 4. The molecular formula is C44H30N8O2. The molecule has 54 heavy (non-hydrogen) atoms. The molecule has 7 heterocycles. The van der Waals surface area contributed by atoms with Crippen molar-refractivity contribution in [2.24, 2.45) is 11.5 Å². The van der Waals surface area contributed by atoms with Crippen molar-refractivity contribution in [1.29, 1.82) is 0 Å². The van der Waals surface area contributed by atoms with Gasteiger partial charge in [0.15, 0.2) is 0 Å². The van der Waals surface area contributed by atoms with E-state index in [9.17, 15) is 9.59 Å². The Morgan fingerprint density at radius 2 is 0.796 bits per heavy atom. The number of nitrogens with zero attached hydrogens (tertiary/aromatic N) is 4. The zero-order chi connectivity index (χ0) is 36.8. The fourth-order valence-corrected chi connectivity index (χ4v) is 7.11. The van der Waals surface area contributed by atoms with Crippen LogP contribution < -0.4 is 11.5 Å². The highest BCUT2D eigenvalue weighted by molar-refractivity contribution is 6.02. The summed E-state index contributed by atoms with van der Waals surface area (Å²) in [5.74, 6) is -1.04. The van der Waals surface area contributed by atoms with Crippen molar-refractivity contribution in [2.45, 2.75) is 0 Å². The Kier molecular flexibility index (Phi) is 7.82. The van der Waals surface area contributed by atoms with E-state index in [0.29, 0.717) is 33.9 Å². The van der Waals surface area contributed by atoms with Crippen LogP contribution in [0.1, 0.15) is 43.5 Å². The maximum atomic E-state index is 12.3. The summed E-state index contributed by atoms with van der Waals surface area (Å²) in [5.41, 5.74) is 25.0. The second-order valence-electron chi connectivity index (χ2n) is 12.9. The molecule has 5 aromatic heterocycles. The largest absolute Gasteiger partial charge is 0.366 e. The van der Waals surface area contributed by atoms with Crippen LogP contribution in [-0.4, -0.2) is 41.7 Å². The number of benzene rings is 2. The number of pyridine rings is 2. The van der Waals surface area contributed by atoms with Gasteiger partial charge in [-0.05, 0) is 119 Å². The van der Waals surface area contributed by atoms with Gasteiger partial charge in [0.05, 0.1) is 22.8 Å². The van der Waals surface area contributed by atoms with Gasteiger partial charge in [-0.15, -0.1) is 0 Å². The smallest absolute Gasteiger partial charge is 0.248 e. The van der Waals surface area contributed by atoms with Crippen LogP contribution in [0.4, 0.5) is 0 Å². The SMILES string of the molecule is NC(=O)c1cccc(-c2c3nc(c(-c4ccncc4)c4nc(c(-c5cccc(C(N)=O)c5)c5ccc([nH]5)c(-c5ccncc5)c5ccc2[nH]5)C=C4)C=C3)c1. The van der Waals surface area contributed by atoms with Crippen molar-refractivity contribution < 1.29 is 9.59 Å². The van der Waals surface area contributed by atoms with Gasteiger partial charge >= 0.3 is 0 Å². The van der Waals surface area contributed by atoms with Gasteiger partial charge in [-0.3, -0.25) is 19.6 Å². The Morgan fingerprint density at radius 3 is 1.20 bits per heavy atom. The molecule has 7 aromatic rings. The Bertz CT molecular complexity index is 2730. The first-order chi connectivity index (χ1) is 26.4. The zero-order valence-electron chi connectivity index (χ0n) is 28.6. The van der Waals surface area contributed by atoms with Crippen LogP contribution in [0.3, 0.4) is 0 Å². The highest BCUT2D eigenvalue weighted by Gasteiger charge is 2.20. The predicted octanol–water partition coefficient (Wildman–Crippen LogP) is 8.31. The highest BCUT2D eigenvalue weighted by atomic mass is 16.1. The van der Waals surface area contributed by atoms with Crippen LogP contribution in [0.2, 0.25) is 0 Å². The fourth-order valence-electron chi connectivity index (χ4n) is 7.11. The molecule has 2 aliphatic rings. The van der Waals surface area contributed by atoms with Crippen LogP contribution >= 0.6 is 0 Å². The Hall–Kier alpha value is -7.72. The van der Waals surface area contributed by atoms with Crippen LogP contribution in [0.5, 0.6) is 0 Å². The van der Waals surface area contributed by atoms with E-state index in [1.165, 1.54) is 0 Å². The minimum Gasteiger partial charge on any atom is -0.366 e. The minimum absolute atomic E-state index is 0.389. The average molecular weight is 703 g/mol. The lowest BCUT2D eigenvalue weighted by Crippen LogP contribution is -2.10. The van der Waals surface area contributed by atoms with Crippen molar-refractivity contribution >= 4 is 58.2 Å². The van der Waals surface area contributed by atoms with Gasteiger partial charge in [-0.25, -0.2) is 9.97 Å². The van der Waals surface area contributed by atoms with Crippen LogP contribution in [-0.2, 0) is 0 Å². The van der Waals surface area contributed by atoms with Gasteiger partial charge in [0.2, 0.25) is 11.8 Å². The van der Waals surface area contributed by atoms with E-state index in [1.54, 1.807) is 49.1 Å². The fraction of sp³-hybridized carbons (Fsp3) is 0. The molecule has 10 nitrogen and oxygen atoms in total. The number of carbonyl (C=O) groups is 2. The van der Waals surface area contributed by atoms with Gasteiger partial charge in [-0.1, -0.05) is 24.3 Å². The molecule has 10 heteroatoms. The van der Waals surface area contributed by atoms with Crippen LogP contribution in [0, 0.1) is 0 Å². The van der Waals surface area contributed by atoms with Gasteiger partial charge in [0.25, 0.3) is 0 Å². The van der Waals surface area contributed by atoms with Crippen molar-refractivity contribution in [2.75, 3.05) is 0 Å². The molecule has 2 amide bonds. The van der Waals surface area contributed by atoms with Crippen molar-refractivity contribution in [3.05, 3.63) is 156 Å². The lowest BCUT2D eigenvalue weighted by molar-refractivity contribution is 0.0992. The first kappa shape index (κ1) is 32.2. The maximum Gasteiger partial charge on any atom is 0.248 e. The Balaban J connectivity index is 1.47. The number of H-pyrrole nitrogens is 2. The molecule has 0 radical (unpaired) electrons. The first-order valence-electron chi connectivity index (χ1n) is 17.2. The molecule has 0 aliphatic carbocycles. The van der Waals surface area contributed by atoms with Crippen molar-refractivity contribution in [3.63, 3.8) is 0 Å². The van der Waals surface area contributed by atoms with Gasteiger partial charge < -0.3 is 21.4 Å². The standard InChI is InChI=1S/C44H30N8O2/c45-43(53)29-5-1-3-27(23-29)41-35-11-7-31(49-35)39(25-15-19-47-20-16-25)33-9-13-37(51-33)42(28-4-2-6-30(24-28)44(46)54)38-14-10-34(52-38)40(26-17-21-48-22-18-26)32-8-12-36(41)50-32/h1-24,49,51H,(H2,45,53)(H2,46,54). The number of carbonyl (C=O) groups excluding carboxylic acids is 2. The van der Waals surface area contributed by atoms with E-state index >= 15 is 0 Å². The molecule has 0 unspecified atom stereocenters. The summed E-state index contributed by atoms with van der Waals surface area (Å²) >= 11 is 0. The van der Waals surface area contributed by atoms with E-state index in [2.05, 4.69) is 19.9 Å². The number of nitrogens with two attached hydrogens (primary N) is 2. The van der Waals surface area contributed by atoms with Gasteiger partial charge in [-0.2, -0.15) is 0 Å². The topological polar surface area (TPSA) is 169 Å². The molecule has 0 fully saturated rings. The van der Waals surface area contributed by atoms with E-state index < -0.39 is 11.8 Å². The van der Waals surface area contributed by atoms with Crippen molar-refractivity contribution in [1.82, 2.24) is 29.9 Å². The average Bonchev–Trinajstić information content (AvgIpc) is 4.04. The number of aromatic nitrogens is 6. The summed E-state index contributed by atoms with van der Waals surface area (Å²) in [7, 11) is 0. The molecule has 258 valence electrons. The summed E-state index contributed by atoms with van der Waals surface area (Å²) in [6.45, 7) is 0. The molecular weight excluding hydrogens is 673 g/mol. The number of hydrogen-bond acceptors (Lipinski definition) is 6.